The molecule has 0 fully saturated rings. The topological polar surface area (TPSA) is 98.0 Å². The van der Waals surface area contributed by atoms with Gasteiger partial charge in [-0.3, -0.25) is 5.43 Å². The minimum absolute atomic E-state index is 0.00710. The minimum atomic E-state index is -0.00710. The number of nitrogens with zero attached hydrogens (tertiary/aromatic N) is 3. The average molecular weight is 282 g/mol. The number of ether oxygens (including phenoxy) is 1. The summed E-state index contributed by atoms with van der Waals surface area (Å²) < 4.78 is 5.49. The van der Waals surface area contributed by atoms with Crippen molar-refractivity contribution in [3.05, 3.63) is 0 Å². The summed E-state index contributed by atoms with van der Waals surface area (Å²) in [6.45, 7) is 10.3. The summed E-state index contributed by atoms with van der Waals surface area (Å²) in [4.78, 5) is 12.5. The van der Waals surface area contributed by atoms with Gasteiger partial charge in [-0.1, -0.05) is 26.7 Å². The maximum absolute atomic E-state index is 5.49. The van der Waals surface area contributed by atoms with Crippen LogP contribution in [0.25, 0.3) is 0 Å². The molecule has 0 aliphatic carbocycles. The number of anilines is 2. The first-order valence-electron chi connectivity index (χ1n) is 7.15. The highest BCUT2D eigenvalue weighted by atomic mass is 16.5. The lowest BCUT2D eigenvalue weighted by Crippen LogP contribution is -2.27. The highest BCUT2D eigenvalue weighted by molar-refractivity contribution is 5.35. The van der Waals surface area contributed by atoms with Crippen molar-refractivity contribution >= 4 is 11.9 Å². The van der Waals surface area contributed by atoms with E-state index in [-0.39, 0.29) is 24.1 Å². The van der Waals surface area contributed by atoms with E-state index in [1.807, 2.05) is 13.8 Å². The molecule has 7 heteroatoms. The van der Waals surface area contributed by atoms with Gasteiger partial charge in [0.15, 0.2) is 0 Å². The maximum atomic E-state index is 5.49. The van der Waals surface area contributed by atoms with Crippen molar-refractivity contribution in [1.29, 1.82) is 0 Å². The van der Waals surface area contributed by atoms with E-state index in [1.165, 1.54) is 0 Å². The van der Waals surface area contributed by atoms with E-state index < -0.39 is 0 Å². The van der Waals surface area contributed by atoms with Crippen LogP contribution in [0.5, 0.6) is 6.01 Å². The molecular formula is C13H26N6O. The predicted octanol–water partition coefficient (Wildman–Crippen LogP) is 2.18. The Balaban J connectivity index is 2.87. The van der Waals surface area contributed by atoms with Gasteiger partial charge in [0.05, 0.1) is 6.10 Å². The second kappa shape index (κ2) is 7.84. The van der Waals surface area contributed by atoms with Gasteiger partial charge in [0.2, 0.25) is 11.9 Å². The zero-order valence-electron chi connectivity index (χ0n) is 13.0. The van der Waals surface area contributed by atoms with E-state index in [9.17, 15) is 0 Å². The van der Waals surface area contributed by atoms with Crippen LogP contribution in [0, 0.1) is 5.92 Å². The molecule has 1 aromatic heterocycles. The van der Waals surface area contributed by atoms with Gasteiger partial charge in [0.25, 0.3) is 0 Å². The Hall–Kier alpha value is -1.63. The molecule has 0 saturated carbocycles. The van der Waals surface area contributed by atoms with Crippen LogP contribution in [0.4, 0.5) is 11.9 Å². The highest BCUT2D eigenvalue weighted by Crippen LogP contribution is 2.18. The van der Waals surface area contributed by atoms with Crippen LogP contribution in [0.3, 0.4) is 0 Å². The number of nitrogens with two attached hydrogens (primary N) is 1. The maximum Gasteiger partial charge on any atom is 0.323 e. The van der Waals surface area contributed by atoms with Crippen LogP contribution < -0.4 is 21.3 Å². The number of aromatic nitrogens is 3. The Morgan fingerprint density at radius 2 is 1.65 bits per heavy atom. The van der Waals surface area contributed by atoms with Crippen molar-refractivity contribution < 1.29 is 4.74 Å². The van der Waals surface area contributed by atoms with Crippen LogP contribution >= 0.6 is 0 Å². The number of rotatable bonds is 8. The molecule has 1 rings (SSSR count). The zero-order chi connectivity index (χ0) is 15.1. The molecule has 0 aliphatic rings. The molecule has 114 valence electrons. The molecule has 0 aliphatic heterocycles. The Morgan fingerprint density at radius 1 is 1.05 bits per heavy atom. The molecule has 0 bridgehead atoms. The molecular weight excluding hydrogens is 256 g/mol. The van der Waals surface area contributed by atoms with Crippen molar-refractivity contribution in [3.63, 3.8) is 0 Å². The van der Waals surface area contributed by atoms with Crippen molar-refractivity contribution in [2.45, 2.75) is 59.6 Å². The number of nitrogen functional groups attached to an aromatic ring is 1. The van der Waals surface area contributed by atoms with Gasteiger partial charge in [-0.25, -0.2) is 5.84 Å². The Labute approximate surface area is 120 Å². The molecule has 7 nitrogen and oxygen atoms in total. The first-order valence-corrected chi connectivity index (χ1v) is 7.15. The fourth-order valence-corrected chi connectivity index (χ4v) is 2.07. The largest absolute Gasteiger partial charge is 0.461 e. The fourth-order valence-electron chi connectivity index (χ4n) is 2.07. The lowest BCUT2D eigenvalue weighted by Gasteiger charge is -2.22. The number of hydrazine groups is 1. The molecule has 0 radical (unpaired) electrons. The van der Waals surface area contributed by atoms with Crippen LogP contribution in [0.1, 0.15) is 47.5 Å². The molecule has 1 heterocycles. The van der Waals surface area contributed by atoms with Gasteiger partial charge >= 0.3 is 6.01 Å². The van der Waals surface area contributed by atoms with Crippen molar-refractivity contribution in [2.75, 3.05) is 10.7 Å². The molecule has 1 aromatic rings. The Kier molecular flexibility index (Phi) is 6.44. The molecule has 20 heavy (non-hydrogen) atoms. The van der Waals surface area contributed by atoms with E-state index in [1.54, 1.807) is 0 Å². The van der Waals surface area contributed by atoms with Crippen LogP contribution in [0.2, 0.25) is 0 Å². The monoisotopic (exact) mass is 282 g/mol. The first-order chi connectivity index (χ1) is 9.49. The van der Waals surface area contributed by atoms with Crippen LogP contribution in [0.15, 0.2) is 0 Å². The lowest BCUT2D eigenvalue weighted by molar-refractivity contribution is 0.222. The van der Waals surface area contributed by atoms with Gasteiger partial charge in [-0.05, 0) is 26.7 Å². The van der Waals surface area contributed by atoms with Crippen molar-refractivity contribution in [3.8, 4) is 6.01 Å². The standard InChI is InChI=1S/C13H26N6O/c1-6-10(7-2)9(5)15-11-16-12(19-14)18-13(17-11)20-8(3)4/h8-10H,6-7,14H2,1-5H3,(H2,15,16,17,18,19). The Morgan fingerprint density at radius 3 is 2.15 bits per heavy atom. The third-order valence-corrected chi connectivity index (χ3v) is 3.20. The number of nitrogens with one attached hydrogen (secondary N) is 2. The molecule has 0 saturated heterocycles. The normalized spacial score (nSPS) is 12.6. The van der Waals surface area contributed by atoms with E-state index in [2.05, 4.69) is 46.5 Å². The summed E-state index contributed by atoms with van der Waals surface area (Å²) in [6.07, 6.45) is 2.20. The summed E-state index contributed by atoms with van der Waals surface area (Å²) in [6, 6.07) is 0.534. The van der Waals surface area contributed by atoms with Gasteiger partial charge in [0, 0.05) is 6.04 Å². The summed E-state index contributed by atoms with van der Waals surface area (Å²) in [7, 11) is 0. The van der Waals surface area contributed by atoms with Gasteiger partial charge in [0.1, 0.15) is 0 Å². The van der Waals surface area contributed by atoms with Crippen LogP contribution in [-0.2, 0) is 0 Å². The third-order valence-electron chi connectivity index (χ3n) is 3.20. The van der Waals surface area contributed by atoms with Crippen molar-refractivity contribution in [2.24, 2.45) is 11.8 Å². The zero-order valence-corrected chi connectivity index (χ0v) is 13.0. The highest BCUT2D eigenvalue weighted by Gasteiger charge is 2.16. The summed E-state index contributed by atoms with van der Waals surface area (Å²) in [5.74, 6) is 6.70. The van der Waals surface area contributed by atoms with E-state index in [0.717, 1.165) is 12.8 Å². The summed E-state index contributed by atoms with van der Waals surface area (Å²) >= 11 is 0. The summed E-state index contributed by atoms with van der Waals surface area (Å²) in [5, 5.41) is 3.29. The summed E-state index contributed by atoms with van der Waals surface area (Å²) in [5.41, 5.74) is 2.43. The molecule has 1 unspecified atom stereocenters. The second-order valence-electron chi connectivity index (χ2n) is 5.09. The first kappa shape index (κ1) is 16.4. The average Bonchev–Trinajstić information content (AvgIpc) is 2.38. The van der Waals surface area contributed by atoms with Crippen LogP contribution in [-0.4, -0.2) is 27.1 Å². The van der Waals surface area contributed by atoms with E-state index in [0.29, 0.717) is 11.9 Å². The predicted molar refractivity (Wildman–Crippen MR) is 80.6 cm³/mol. The minimum Gasteiger partial charge on any atom is -0.461 e. The molecule has 0 amide bonds. The second-order valence-corrected chi connectivity index (χ2v) is 5.09. The van der Waals surface area contributed by atoms with Gasteiger partial charge in [-0.2, -0.15) is 15.0 Å². The van der Waals surface area contributed by atoms with Gasteiger partial charge in [-0.15, -0.1) is 0 Å². The number of hydrogen-bond acceptors (Lipinski definition) is 7. The Bertz CT molecular complexity index is 408. The molecule has 0 spiro atoms. The van der Waals surface area contributed by atoms with E-state index >= 15 is 0 Å². The smallest absolute Gasteiger partial charge is 0.323 e. The van der Waals surface area contributed by atoms with Crippen molar-refractivity contribution in [1.82, 2.24) is 15.0 Å². The SMILES string of the molecule is CCC(CC)C(C)Nc1nc(NN)nc(OC(C)C)n1. The molecule has 1 atom stereocenters. The molecule has 0 aromatic carbocycles. The fraction of sp³-hybridized carbons (Fsp3) is 0.769. The molecule has 4 N–H and O–H groups in total. The van der Waals surface area contributed by atoms with E-state index in [4.69, 9.17) is 10.6 Å². The third kappa shape index (κ3) is 4.80. The van der Waals surface area contributed by atoms with Gasteiger partial charge < -0.3 is 10.1 Å². The quantitative estimate of drug-likeness (QED) is 0.496. The lowest BCUT2D eigenvalue weighted by atomic mass is 9.96. The number of hydrogen-bond donors (Lipinski definition) is 3.